The molecule has 0 saturated heterocycles. The molecule has 2 rings (SSSR count). The number of aryl methyl sites for hydroxylation is 1. The van der Waals surface area contributed by atoms with Crippen LogP contribution in [0.5, 0.6) is 5.75 Å². The van der Waals surface area contributed by atoms with Crippen molar-refractivity contribution in [1.29, 1.82) is 0 Å². The molecule has 0 bridgehead atoms. The van der Waals surface area contributed by atoms with Gasteiger partial charge < -0.3 is 4.74 Å². The zero-order valence-electron chi connectivity index (χ0n) is 8.44. The van der Waals surface area contributed by atoms with E-state index >= 15 is 0 Å². The second-order valence-corrected chi connectivity index (χ2v) is 3.91. The van der Waals surface area contributed by atoms with Crippen molar-refractivity contribution in [1.82, 2.24) is 14.8 Å². The van der Waals surface area contributed by atoms with E-state index in [1.807, 2.05) is 25.2 Å². The molecule has 4 nitrogen and oxygen atoms in total. The van der Waals surface area contributed by atoms with Gasteiger partial charge in [0, 0.05) is 12.6 Å². The Morgan fingerprint density at radius 2 is 2.20 bits per heavy atom. The highest BCUT2D eigenvalue weighted by Crippen LogP contribution is 2.29. The van der Waals surface area contributed by atoms with Crippen molar-refractivity contribution in [2.75, 3.05) is 7.11 Å². The van der Waals surface area contributed by atoms with E-state index in [4.69, 9.17) is 4.74 Å². The van der Waals surface area contributed by atoms with Crippen LogP contribution in [0.25, 0.3) is 11.4 Å². The van der Waals surface area contributed by atoms with Crippen molar-refractivity contribution in [3.05, 3.63) is 29.0 Å². The second-order valence-electron chi connectivity index (χ2n) is 3.06. The average molecular weight is 268 g/mol. The molecular weight excluding hydrogens is 258 g/mol. The smallest absolute Gasteiger partial charge is 0.157 e. The molecule has 2 aromatic rings. The van der Waals surface area contributed by atoms with Gasteiger partial charge in [0.15, 0.2) is 5.82 Å². The summed E-state index contributed by atoms with van der Waals surface area (Å²) in [5.41, 5.74) is 0.982. The monoisotopic (exact) mass is 267 g/mol. The summed E-state index contributed by atoms with van der Waals surface area (Å²) < 4.78 is 7.87. The van der Waals surface area contributed by atoms with Gasteiger partial charge in [-0.15, -0.1) is 0 Å². The van der Waals surface area contributed by atoms with Crippen LogP contribution >= 0.6 is 15.9 Å². The summed E-state index contributed by atoms with van der Waals surface area (Å²) in [6.45, 7) is 0. The fourth-order valence-electron chi connectivity index (χ4n) is 1.36. The van der Waals surface area contributed by atoms with Crippen molar-refractivity contribution >= 4 is 15.9 Å². The molecule has 78 valence electrons. The van der Waals surface area contributed by atoms with E-state index in [1.54, 1.807) is 11.8 Å². The van der Waals surface area contributed by atoms with Gasteiger partial charge >= 0.3 is 0 Å². The number of ether oxygens (including phenoxy) is 1. The lowest BCUT2D eigenvalue weighted by atomic mass is 10.2. The lowest BCUT2D eigenvalue weighted by Gasteiger charge is -2.05. The number of rotatable bonds is 2. The van der Waals surface area contributed by atoms with Crippen molar-refractivity contribution in [2.45, 2.75) is 0 Å². The Morgan fingerprint density at radius 1 is 1.40 bits per heavy atom. The Morgan fingerprint density at radius 3 is 2.80 bits per heavy atom. The van der Waals surface area contributed by atoms with Gasteiger partial charge in [0.25, 0.3) is 0 Å². The van der Waals surface area contributed by atoms with Gasteiger partial charge in [-0.05, 0) is 34.1 Å². The first-order valence-corrected chi connectivity index (χ1v) is 5.19. The molecular formula is C10H10BrN3O. The van der Waals surface area contributed by atoms with Crippen LogP contribution in [0, 0.1) is 0 Å². The molecule has 0 atom stereocenters. The summed E-state index contributed by atoms with van der Waals surface area (Å²) in [6.07, 6.45) is 1.53. The predicted molar refractivity (Wildman–Crippen MR) is 60.7 cm³/mol. The number of hydrogen-bond donors (Lipinski definition) is 0. The normalized spacial score (nSPS) is 10.3. The molecule has 0 saturated carbocycles. The van der Waals surface area contributed by atoms with Crippen molar-refractivity contribution in [3.8, 4) is 17.1 Å². The summed E-state index contributed by atoms with van der Waals surface area (Å²) in [7, 11) is 3.50. The first-order chi connectivity index (χ1) is 7.22. The van der Waals surface area contributed by atoms with E-state index in [1.165, 1.54) is 6.33 Å². The highest BCUT2D eigenvalue weighted by Gasteiger charge is 2.07. The third-order valence-corrected chi connectivity index (χ3v) is 2.78. The zero-order chi connectivity index (χ0) is 10.8. The van der Waals surface area contributed by atoms with Crippen LogP contribution in [0.4, 0.5) is 0 Å². The van der Waals surface area contributed by atoms with Gasteiger partial charge in [-0.25, -0.2) is 9.67 Å². The molecule has 1 aromatic carbocycles. The van der Waals surface area contributed by atoms with E-state index < -0.39 is 0 Å². The summed E-state index contributed by atoms with van der Waals surface area (Å²) in [5.74, 6) is 1.61. The van der Waals surface area contributed by atoms with Gasteiger partial charge in [0.1, 0.15) is 12.1 Å². The van der Waals surface area contributed by atoms with E-state index in [-0.39, 0.29) is 0 Å². The molecule has 0 aliphatic heterocycles. The van der Waals surface area contributed by atoms with E-state index in [9.17, 15) is 0 Å². The maximum Gasteiger partial charge on any atom is 0.157 e. The minimum atomic E-state index is 0.788. The Labute approximate surface area is 96.0 Å². The van der Waals surface area contributed by atoms with Crippen molar-refractivity contribution in [3.63, 3.8) is 0 Å². The molecule has 0 spiro atoms. The molecule has 15 heavy (non-hydrogen) atoms. The summed E-state index contributed by atoms with van der Waals surface area (Å²) >= 11 is 3.40. The number of halogens is 1. The quantitative estimate of drug-likeness (QED) is 0.838. The molecule has 0 radical (unpaired) electrons. The topological polar surface area (TPSA) is 39.9 Å². The van der Waals surface area contributed by atoms with Crippen LogP contribution < -0.4 is 4.74 Å². The number of aromatic nitrogens is 3. The minimum absolute atomic E-state index is 0.788. The van der Waals surface area contributed by atoms with Crippen molar-refractivity contribution in [2.24, 2.45) is 7.05 Å². The highest BCUT2D eigenvalue weighted by atomic mass is 79.9. The Bertz CT molecular complexity index is 481. The Kier molecular flexibility index (Phi) is 2.73. The van der Waals surface area contributed by atoms with Gasteiger partial charge in [0.05, 0.1) is 11.6 Å². The lowest BCUT2D eigenvalue weighted by molar-refractivity contribution is 0.412. The first kappa shape index (κ1) is 10.2. The van der Waals surface area contributed by atoms with Crippen LogP contribution in [0.1, 0.15) is 0 Å². The molecule has 0 unspecified atom stereocenters. The van der Waals surface area contributed by atoms with Gasteiger partial charge in [-0.2, -0.15) is 5.10 Å². The van der Waals surface area contributed by atoms with Crippen LogP contribution in [0.2, 0.25) is 0 Å². The third-order valence-electron chi connectivity index (χ3n) is 2.12. The average Bonchev–Trinajstić information content (AvgIpc) is 2.65. The van der Waals surface area contributed by atoms with Crippen LogP contribution in [-0.2, 0) is 7.05 Å². The van der Waals surface area contributed by atoms with Crippen LogP contribution in [-0.4, -0.2) is 21.9 Å². The molecule has 0 fully saturated rings. The summed E-state index contributed by atoms with van der Waals surface area (Å²) in [5, 5.41) is 4.02. The second kappa shape index (κ2) is 4.02. The molecule has 0 N–H and O–H groups in total. The Balaban J connectivity index is 2.51. The fourth-order valence-corrected chi connectivity index (χ4v) is 1.76. The van der Waals surface area contributed by atoms with Gasteiger partial charge in [-0.3, -0.25) is 0 Å². The lowest BCUT2D eigenvalue weighted by Crippen LogP contribution is -1.95. The highest BCUT2D eigenvalue weighted by molar-refractivity contribution is 9.10. The number of methoxy groups -OCH3 is 1. The molecule has 0 aliphatic carbocycles. The van der Waals surface area contributed by atoms with Crippen LogP contribution in [0.3, 0.4) is 0 Å². The Hall–Kier alpha value is -1.36. The van der Waals surface area contributed by atoms with E-state index in [0.29, 0.717) is 0 Å². The number of benzene rings is 1. The number of nitrogens with zero attached hydrogens (tertiary/aromatic N) is 3. The maximum absolute atomic E-state index is 5.22. The first-order valence-electron chi connectivity index (χ1n) is 4.40. The molecule has 1 aromatic heterocycles. The van der Waals surface area contributed by atoms with Crippen molar-refractivity contribution < 1.29 is 4.74 Å². The SMILES string of the molecule is COc1cc(-c2ncnn2C)ccc1Br. The molecule has 1 heterocycles. The van der Waals surface area contributed by atoms with E-state index in [2.05, 4.69) is 26.0 Å². The fraction of sp³-hybridized carbons (Fsp3) is 0.200. The van der Waals surface area contributed by atoms with Gasteiger partial charge in [0.2, 0.25) is 0 Å². The largest absolute Gasteiger partial charge is 0.496 e. The summed E-state index contributed by atoms with van der Waals surface area (Å²) in [6, 6.07) is 5.83. The van der Waals surface area contributed by atoms with Gasteiger partial charge in [-0.1, -0.05) is 0 Å². The third kappa shape index (κ3) is 1.87. The maximum atomic E-state index is 5.22. The molecule has 0 aliphatic rings. The van der Waals surface area contributed by atoms with Crippen LogP contribution in [0.15, 0.2) is 29.0 Å². The van der Waals surface area contributed by atoms with E-state index in [0.717, 1.165) is 21.6 Å². The standard InChI is InChI=1S/C10H10BrN3O/c1-14-10(12-6-13-14)7-3-4-8(11)9(5-7)15-2/h3-6H,1-2H3. The number of hydrogen-bond acceptors (Lipinski definition) is 3. The zero-order valence-corrected chi connectivity index (χ0v) is 10.0. The minimum Gasteiger partial charge on any atom is -0.496 e. The summed E-state index contributed by atoms with van der Waals surface area (Å²) in [4.78, 5) is 4.17. The molecule has 0 amide bonds. The predicted octanol–water partition coefficient (Wildman–Crippen LogP) is 2.25. The molecule has 5 heteroatoms.